The van der Waals surface area contributed by atoms with Crippen molar-refractivity contribution in [3.63, 3.8) is 0 Å². The average Bonchev–Trinajstić information content (AvgIpc) is 2.58. The first-order valence-corrected chi connectivity index (χ1v) is 8.97. The molecule has 1 aliphatic heterocycles. The summed E-state index contributed by atoms with van der Waals surface area (Å²) in [6.07, 6.45) is 1.90. The van der Waals surface area contributed by atoms with Gasteiger partial charge in [0.15, 0.2) is 0 Å². The predicted octanol–water partition coefficient (Wildman–Crippen LogP) is 2.65. The summed E-state index contributed by atoms with van der Waals surface area (Å²) in [7, 11) is 0. The van der Waals surface area contributed by atoms with Gasteiger partial charge in [0.25, 0.3) is 5.91 Å². The number of benzene rings is 1. The lowest BCUT2D eigenvalue weighted by Gasteiger charge is -2.35. The molecule has 1 fully saturated rings. The van der Waals surface area contributed by atoms with Crippen molar-refractivity contribution >= 4 is 24.2 Å². The number of carbonyl (C=O) groups is 2. The van der Waals surface area contributed by atoms with E-state index < -0.39 is 29.1 Å². The molecule has 2 amide bonds. The van der Waals surface area contributed by atoms with E-state index in [9.17, 15) is 18.4 Å². The van der Waals surface area contributed by atoms with E-state index >= 15 is 0 Å². The van der Waals surface area contributed by atoms with Gasteiger partial charge in [0, 0.05) is 6.54 Å². The summed E-state index contributed by atoms with van der Waals surface area (Å²) >= 11 is 0. The molecule has 8 heteroatoms. The number of hydrogen-bond donors (Lipinski definition) is 3. The highest BCUT2D eigenvalue weighted by Crippen LogP contribution is 2.26. The minimum absolute atomic E-state index is 0. The normalized spacial score (nSPS) is 17.0. The van der Waals surface area contributed by atoms with Gasteiger partial charge in [0.2, 0.25) is 5.91 Å². The Morgan fingerprint density at radius 2 is 1.74 bits per heavy atom. The van der Waals surface area contributed by atoms with E-state index in [2.05, 4.69) is 22.9 Å². The quantitative estimate of drug-likeness (QED) is 0.684. The van der Waals surface area contributed by atoms with Gasteiger partial charge in [-0.25, -0.2) is 8.78 Å². The summed E-state index contributed by atoms with van der Waals surface area (Å²) < 4.78 is 27.6. The lowest BCUT2D eigenvalue weighted by atomic mass is 9.81. The van der Waals surface area contributed by atoms with Crippen LogP contribution in [0.3, 0.4) is 0 Å². The third-order valence-electron chi connectivity index (χ3n) is 4.93. The topological polar surface area (TPSA) is 70.2 Å². The molecule has 0 aliphatic carbocycles. The predicted molar refractivity (Wildman–Crippen MR) is 103 cm³/mol. The minimum atomic E-state index is -0.951. The number of carbonyl (C=O) groups excluding carboxylic acids is 2. The van der Waals surface area contributed by atoms with Gasteiger partial charge < -0.3 is 16.0 Å². The molecule has 0 aromatic heterocycles. The highest BCUT2D eigenvalue weighted by Gasteiger charge is 2.31. The molecule has 1 aliphatic rings. The van der Waals surface area contributed by atoms with Crippen molar-refractivity contribution in [2.45, 2.75) is 39.7 Å². The van der Waals surface area contributed by atoms with Crippen LogP contribution in [0.4, 0.5) is 8.78 Å². The van der Waals surface area contributed by atoms with E-state index in [1.165, 1.54) is 6.07 Å². The fraction of sp³-hybridized carbons (Fsp3) is 0.579. The van der Waals surface area contributed by atoms with E-state index in [1.807, 2.05) is 0 Å². The van der Waals surface area contributed by atoms with Crippen molar-refractivity contribution in [2.24, 2.45) is 11.3 Å². The highest BCUT2D eigenvalue weighted by molar-refractivity contribution is 5.98. The molecule has 5 nitrogen and oxygen atoms in total. The van der Waals surface area contributed by atoms with Crippen LogP contribution in [0.25, 0.3) is 0 Å². The smallest absolute Gasteiger partial charge is 0.257 e. The summed E-state index contributed by atoms with van der Waals surface area (Å²) in [6, 6.07) is 2.35. The first kappa shape index (κ1) is 23.3. The van der Waals surface area contributed by atoms with Gasteiger partial charge in [0.05, 0.1) is 0 Å². The molecule has 1 atom stereocenters. The molecule has 1 aromatic carbocycles. The van der Waals surface area contributed by atoms with Gasteiger partial charge in [-0.3, -0.25) is 9.59 Å². The molecule has 27 heavy (non-hydrogen) atoms. The molecule has 1 heterocycles. The van der Waals surface area contributed by atoms with Crippen molar-refractivity contribution in [1.82, 2.24) is 16.0 Å². The van der Waals surface area contributed by atoms with Crippen LogP contribution in [0, 0.1) is 23.0 Å². The van der Waals surface area contributed by atoms with E-state index in [-0.39, 0.29) is 29.6 Å². The number of hydrogen-bond acceptors (Lipinski definition) is 3. The van der Waals surface area contributed by atoms with Crippen molar-refractivity contribution in [2.75, 3.05) is 19.6 Å². The maximum atomic E-state index is 13.8. The van der Waals surface area contributed by atoms with Crippen LogP contribution in [0.1, 0.15) is 44.0 Å². The second-order valence-corrected chi connectivity index (χ2v) is 7.57. The zero-order valence-electron chi connectivity index (χ0n) is 15.9. The number of amides is 2. The molecule has 0 saturated carbocycles. The van der Waals surface area contributed by atoms with Crippen molar-refractivity contribution < 1.29 is 18.4 Å². The van der Waals surface area contributed by atoms with E-state index in [0.717, 1.165) is 38.1 Å². The summed E-state index contributed by atoms with van der Waals surface area (Å²) in [6.45, 7) is 7.97. The number of rotatable bonds is 6. The van der Waals surface area contributed by atoms with Gasteiger partial charge in [0.1, 0.15) is 23.2 Å². The lowest BCUT2D eigenvalue weighted by molar-refractivity contribution is -0.124. The van der Waals surface area contributed by atoms with Gasteiger partial charge >= 0.3 is 0 Å². The summed E-state index contributed by atoms with van der Waals surface area (Å²) in [5, 5.41) is 8.65. The van der Waals surface area contributed by atoms with E-state index in [4.69, 9.17) is 0 Å². The number of piperidine rings is 1. The van der Waals surface area contributed by atoms with E-state index in [1.54, 1.807) is 13.8 Å². The Balaban J connectivity index is 0.00000364. The largest absolute Gasteiger partial charge is 0.354 e. The number of nitrogens with one attached hydrogen (secondary N) is 3. The second kappa shape index (κ2) is 9.99. The third kappa shape index (κ3) is 6.14. The number of halogens is 3. The van der Waals surface area contributed by atoms with E-state index in [0.29, 0.717) is 6.54 Å². The molecule has 0 spiro atoms. The minimum Gasteiger partial charge on any atom is -0.354 e. The van der Waals surface area contributed by atoms with Gasteiger partial charge in [-0.2, -0.15) is 0 Å². The molecule has 1 unspecified atom stereocenters. The first-order valence-electron chi connectivity index (χ1n) is 8.97. The van der Waals surface area contributed by atoms with Crippen molar-refractivity contribution in [3.8, 4) is 0 Å². The Bertz CT molecular complexity index is 644. The Morgan fingerprint density at radius 1 is 1.19 bits per heavy atom. The Hall–Kier alpha value is -1.73. The third-order valence-corrected chi connectivity index (χ3v) is 4.93. The standard InChI is InChI=1S/C19H27F2N3O2.ClH/c1-12(2)16(18(26)23-11-19(3)7-9-22-10-8-19)24-17(25)15-13(20)5-4-6-14(15)21;/h4-6,12,16,22H,7-11H2,1-3H3,(H,23,26)(H,24,25);1H. The summed E-state index contributed by atoms with van der Waals surface area (Å²) in [4.78, 5) is 24.9. The fourth-order valence-electron chi connectivity index (χ4n) is 3.08. The molecule has 1 aromatic rings. The Morgan fingerprint density at radius 3 is 2.26 bits per heavy atom. The van der Waals surface area contributed by atoms with Crippen LogP contribution >= 0.6 is 12.4 Å². The molecular formula is C19H28ClF2N3O2. The van der Waals surface area contributed by atoms with Crippen LogP contribution in [-0.4, -0.2) is 37.5 Å². The fourth-order valence-corrected chi connectivity index (χ4v) is 3.08. The van der Waals surface area contributed by atoms with Crippen LogP contribution in [-0.2, 0) is 4.79 Å². The van der Waals surface area contributed by atoms with Gasteiger partial charge in [-0.1, -0.05) is 26.8 Å². The van der Waals surface area contributed by atoms with Crippen LogP contribution in [0.5, 0.6) is 0 Å². The van der Waals surface area contributed by atoms with Crippen LogP contribution in [0.15, 0.2) is 18.2 Å². The van der Waals surface area contributed by atoms with Gasteiger partial charge in [-0.05, 0) is 49.4 Å². The highest BCUT2D eigenvalue weighted by atomic mass is 35.5. The zero-order chi connectivity index (χ0) is 19.3. The van der Waals surface area contributed by atoms with Crippen LogP contribution < -0.4 is 16.0 Å². The molecule has 0 bridgehead atoms. The SMILES string of the molecule is CC(C)C(NC(=O)c1c(F)cccc1F)C(=O)NCC1(C)CCNCC1.Cl. The monoisotopic (exact) mass is 403 g/mol. The molecular weight excluding hydrogens is 376 g/mol. The summed E-state index contributed by atoms with van der Waals surface area (Å²) in [5.41, 5.74) is -0.666. The molecule has 3 N–H and O–H groups in total. The Labute approximate surface area is 165 Å². The zero-order valence-corrected chi connectivity index (χ0v) is 16.7. The summed E-state index contributed by atoms with van der Waals surface area (Å²) in [5.74, 6) is -3.40. The average molecular weight is 404 g/mol. The van der Waals surface area contributed by atoms with Crippen molar-refractivity contribution in [3.05, 3.63) is 35.4 Å². The maximum Gasteiger partial charge on any atom is 0.257 e. The molecule has 152 valence electrons. The Kier molecular flexibility index (Phi) is 8.62. The van der Waals surface area contributed by atoms with Crippen molar-refractivity contribution in [1.29, 1.82) is 0 Å². The second-order valence-electron chi connectivity index (χ2n) is 7.57. The van der Waals surface area contributed by atoms with Gasteiger partial charge in [-0.15, -0.1) is 12.4 Å². The van der Waals surface area contributed by atoms with Crippen LogP contribution in [0.2, 0.25) is 0 Å². The molecule has 2 rings (SSSR count). The first-order chi connectivity index (χ1) is 12.2. The maximum absolute atomic E-state index is 13.8. The molecule has 0 radical (unpaired) electrons. The lowest BCUT2D eigenvalue weighted by Crippen LogP contribution is -2.52. The molecule has 1 saturated heterocycles.